The van der Waals surface area contributed by atoms with Crippen LogP contribution in [0.3, 0.4) is 0 Å². The summed E-state index contributed by atoms with van der Waals surface area (Å²) in [6.45, 7) is 8.38. The molecule has 0 aliphatic heterocycles. The molecule has 0 heterocycles. The average molecular weight is 203 g/mol. The van der Waals surface area contributed by atoms with Gasteiger partial charge in [-0.15, -0.1) is 0 Å². The lowest BCUT2D eigenvalue weighted by atomic mass is 10.1. The number of rotatable bonds is 5. The minimum atomic E-state index is 0.972. The first kappa shape index (κ1) is 12.0. The maximum absolute atomic E-state index is 3.44. The normalized spacial score (nSPS) is 11.1. The third-order valence-corrected chi connectivity index (χ3v) is 2.33. The van der Waals surface area contributed by atoms with Gasteiger partial charge in [0.05, 0.1) is 0 Å². The molecule has 1 heteroatoms. The highest BCUT2D eigenvalue weighted by Crippen LogP contribution is 2.08. The van der Waals surface area contributed by atoms with Crippen molar-refractivity contribution >= 4 is 0 Å². The molecule has 0 amide bonds. The fraction of sp³-hybridized carbons (Fsp3) is 0.429. The van der Waals surface area contributed by atoms with Crippen molar-refractivity contribution in [2.45, 2.75) is 33.7 Å². The monoisotopic (exact) mass is 203 g/mol. The molecule has 1 nitrogen and oxygen atoms in total. The lowest BCUT2D eigenvalue weighted by molar-refractivity contribution is 0.694. The molecule has 0 saturated heterocycles. The largest absolute Gasteiger partial charge is 0.312 e. The maximum Gasteiger partial charge on any atom is 0.0205 e. The number of aryl methyl sites for hydroxylation is 2. The Kier molecular flexibility index (Phi) is 5.13. The van der Waals surface area contributed by atoms with Gasteiger partial charge in [0.25, 0.3) is 0 Å². The molecule has 0 radical (unpaired) electrons. The second-order valence-electron chi connectivity index (χ2n) is 4.03. The third-order valence-electron chi connectivity index (χ3n) is 2.33. The van der Waals surface area contributed by atoms with Crippen LogP contribution < -0.4 is 5.32 Å². The zero-order chi connectivity index (χ0) is 11.1. The molecule has 1 rings (SSSR count). The van der Waals surface area contributed by atoms with Crippen LogP contribution in [-0.4, -0.2) is 6.54 Å². The van der Waals surface area contributed by atoms with E-state index in [9.17, 15) is 0 Å². The molecule has 0 atom stereocenters. The number of benzene rings is 1. The fourth-order valence-electron chi connectivity index (χ4n) is 1.76. The van der Waals surface area contributed by atoms with Crippen LogP contribution in [0.4, 0.5) is 0 Å². The Morgan fingerprint density at radius 2 is 1.80 bits per heavy atom. The van der Waals surface area contributed by atoms with Gasteiger partial charge in [-0.3, -0.25) is 0 Å². The fourth-order valence-corrected chi connectivity index (χ4v) is 1.76. The number of hydrogen-bond donors (Lipinski definition) is 1. The molecule has 0 bridgehead atoms. The summed E-state index contributed by atoms with van der Waals surface area (Å²) < 4.78 is 0. The SMILES string of the molecule is C/C=C/CCNCc1cc(C)cc(C)c1. The van der Waals surface area contributed by atoms with Gasteiger partial charge in [-0.1, -0.05) is 41.5 Å². The Labute approximate surface area is 93.2 Å². The molecule has 0 aliphatic rings. The molecule has 0 fully saturated rings. The highest BCUT2D eigenvalue weighted by molar-refractivity contribution is 5.28. The van der Waals surface area contributed by atoms with E-state index in [0.29, 0.717) is 0 Å². The van der Waals surface area contributed by atoms with Crippen molar-refractivity contribution in [1.82, 2.24) is 5.32 Å². The summed E-state index contributed by atoms with van der Waals surface area (Å²) in [5.41, 5.74) is 4.08. The Balaban J connectivity index is 2.37. The van der Waals surface area contributed by atoms with Gasteiger partial charge in [0.15, 0.2) is 0 Å². The Hall–Kier alpha value is -1.08. The van der Waals surface area contributed by atoms with Crippen LogP contribution in [0, 0.1) is 13.8 Å². The van der Waals surface area contributed by atoms with Crippen LogP contribution in [0.5, 0.6) is 0 Å². The highest BCUT2D eigenvalue weighted by Gasteiger charge is 1.94. The number of allylic oxidation sites excluding steroid dienone is 1. The van der Waals surface area contributed by atoms with Gasteiger partial charge in [-0.25, -0.2) is 0 Å². The summed E-state index contributed by atoms with van der Waals surface area (Å²) in [7, 11) is 0. The first-order chi connectivity index (χ1) is 7.22. The van der Waals surface area contributed by atoms with Crippen molar-refractivity contribution < 1.29 is 0 Å². The molecule has 1 aromatic carbocycles. The van der Waals surface area contributed by atoms with Crippen molar-refractivity contribution in [3.05, 3.63) is 47.0 Å². The zero-order valence-electron chi connectivity index (χ0n) is 10.0. The lowest BCUT2D eigenvalue weighted by Crippen LogP contribution is -2.14. The second kappa shape index (κ2) is 6.41. The third kappa shape index (κ3) is 4.80. The van der Waals surface area contributed by atoms with E-state index in [0.717, 1.165) is 19.5 Å². The molecular weight excluding hydrogens is 182 g/mol. The first-order valence-corrected chi connectivity index (χ1v) is 5.61. The van der Waals surface area contributed by atoms with E-state index in [1.165, 1.54) is 16.7 Å². The van der Waals surface area contributed by atoms with Gasteiger partial charge >= 0.3 is 0 Å². The molecule has 82 valence electrons. The average Bonchev–Trinajstić information content (AvgIpc) is 2.16. The summed E-state index contributed by atoms with van der Waals surface area (Å²) >= 11 is 0. The molecule has 1 N–H and O–H groups in total. The minimum absolute atomic E-state index is 0.972. The second-order valence-corrected chi connectivity index (χ2v) is 4.03. The summed E-state index contributed by atoms with van der Waals surface area (Å²) in [6.07, 6.45) is 5.40. The van der Waals surface area contributed by atoms with Crippen molar-refractivity contribution in [2.75, 3.05) is 6.54 Å². The van der Waals surface area contributed by atoms with Gasteiger partial charge in [0.2, 0.25) is 0 Å². The van der Waals surface area contributed by atoms with Crippen LogP contribution in [0.15, 0.2) is 30.4 Å². The zero-order valence-corrected chi connectivity index (χ0v) is 10.0. The van der Waals surface area contributed by atoms with Gasteiger partial charge in [-0.2, -0.15) is 0 Å². The molecule has 0 spiro atoms. The lowest BCUT2D eigenvalue weighted by Gasteiger charge is -2.06. The number of hydrogen-bond acceptors (Lipinski definition) is 1. The van der Waals surface area contributed by atoms with Crippen LogP contribution in [0.2, 0.25) is 0 Å². The minimum Gasteiger partial charge on any atom is -0.312 e. The first-order valence-electron chi connectivity index (χ1n) is 5.61. The predicted molar refractivity (Wildman–Crippen MR) is 67.1 cm³/mol. The van der Waals surface area contributed by atoms with Crippen molar-refractivity contribution in [3.63, 3.8) is 0 Å². The Morgan fingerprint density at radius 1 is 1.13 bits per heavy atom. The Bertz CT molecular complexity index is 306. The molecule has 15 heavy (non-hydrogen) atoms. The van der Waals surface area contributed by atoms with E-state index in [2.05, 4.69) is 56.4 Å². The summed E-state index contributed by atoms with van der Waals surface area (Å²) in [5, 5.41) is 3.44. The summed E-state index contributed by atoms with van der Waals surface area (Å²) in [6, 6.07) is 6.70. The van der Waals surface area contributed by atoms with E-state index in [4.69, 9.17) is 0 Å². The van der Waals surface area contributed by atoms with Crippen LogP contribution in [0.25, 0.3) is 0 Å². The standard InChI is InChI=1S/C14H21N/c1-4-5-6-7-15-11-14-9-12(2)8-13(3)10-14/h4-5,8-10,15H,6-7,11H2,1-3H3/b5-4+. The maximum atomic E-state index is 3.44. The topological polar surface area (TPSA) is 12.0 Å². The van der Waals surface area contributed by atoms with Gasteiger partial charge in [0, 0.05) is 6.54 Å². The molecule has 0 aliphatic carbocycles. The van der Waals surface area contributed by atoms with Crippen LogP contribution >= 0.6 is 0 Å². The van der Waals surface area contributed by atoms with E-state index < -0.39 is 0 Å². The van der Waals surface area contributed by atoms with Crippen molar-refractivity contribution in [1.29, 1.82) is 0 Å². The quantitative estimate of drug-likeness (QED) is 0.571. The van der Waals surface area contributed by atoms with Crippen molar-refractivity contribution in [3.8, 4) is 0 Å². The van der Waals surface area contributed by atoms with Gasteiger partial charge < -0.3 is 5.32 Å². The Morgan fingerprint density at radius 3 is 2.40 bits per heavy atom. The predicted octanol–water partition coefficient (Wildman–Crippen LogP) is 3.36. The molecule has 0 aromatic heterocycles. The van der Waals surface area contributed by atoms with E-state index in [1.54, 1.807) is 0 Å². The van der Waals surface area contributed by atoms with Crippen LogP contribution in [0.1, 0.15) is 30.0 Å². The molecule has 1 aromatic rings. The summed E-state index contributed by atoms with van der Waals surface area (Å²) in [4.78, 5) is 0. The van der Waals surface area contributed by atoms with Gasteiger partial charge in [0.1, 0.15) is 0 Å². The number of nitrogens with one attached hydrogen (secondary N) is 1. The molecule has 0 unspecified atom stereocenters. The van der Waals surface area contributed by atoms with Gasteiger partial charge in [-0.05, 0) is 39.3 Å². The highest BCUT2D eigenvalue weighted by atomic mass is 14.8. The van der Waals surface area contributed by atoms with Crippen LogP contribution in [-0.2, 0) is 6.54 Å². The van der Waals surface area contributed by atoms with E-state index in [-0.39, 0.29) is 0 Å². The molecule has 0 saturated carbocycles. The summed E-state index contributed by atoms with van der Waals surface area (Å²) in [5.74, 6) is 0. The molecular formula is C14H21N. The van der Waals surface area contributed by atoms with E-state index >= 15 is 0 Å². The van der Waals surface area contributed by atoms with Crippen molar-refractivity contribution in [2.24, 2.45) is 0 Å². The van der Waals surface area contributed by atoms with E-state index in [1.807, 2.05) is 0 Å². The smallest absolute Gasteiger partial charge is 0.0205 e.